The van der Waals surface area contributed by atoms with Crippen LogP contribution in [0.5, 0.6) is 0 Å². The number of anilines is 2. The fourth-order valence-corrected chi connectivity index (χ4v) is 2.27. The average molecular weight is 254 g/mol. The van der Waals surface area contributed by atoms with Crippen molar-refractivity contribution in [2.75, 3.05) is 24.3 Å². The van der Waals surface area contributed by atoms with Crippen molar-refractivity contribution in [2.45, 2.75) is 12.8 Å². The summed E-state index contributed by atoms with van der Waals surface area (Å²) in [7, 11) is 4.08. The maximum absolute atomic E-state index is 5.87. The molecular weight excluding hydrogens is 236 g/mol. The molecule has 1 heterocycles. The van der Waals surface area contributed by atoms with E-state index in [0.717, 1.165) is 11.3 Å². The third-order valence-electron chi connectivity index (χ3n) is 3.42. The van der Waals surface area contributed by atoms with Gasteiger partial charge in [0.2, 0.25) is 0 Å². The van der Waals surface area contributed by atoms with E-state index in [9.17, 15) is 0 Å². The summed E-state index contributed by atoms with van der Waals surface area (Å²) in [4.78, 5) is 2.09. The molecule has 0 radical (unpaired) electrons. The molecule has 0 saturated carbocycles. The van der Waals surface area contributed by atoms with Gasteiger partial charge in [-0.2, -0.15) is 0 Å². The number of fused-ring (bicyclic) bond motifs is 1. The van der Waals surface area contributed by atoms with Crippen molar-refractivity contribution in [3.63, 3.8) is 0 Å². The first-order valence-corrected chi connectivity index (χ1v) is 6.47. The largest absolute Gasteiger partial charge is 0.378 e. The van der Waals surface area contributed by atoms with E-state index in [0.29, 0.717) is 6.61 Å². The van der Waals surface area contributed by atoms with Crippen LogP contribution in [0.15, 0.2) is 48.5 Å². The van der Waals surface area contributed by atoms with E-state index in [-0.39, 0.29) is 6.23 Å². The smallest absolute Gasteiger partial charge is 0.154 e. The van der Waals surface area contributed by atoms with Gasteiger partial charge in [-0.25, -0.2) is 0 Å². The number of nitrogens with zero attached hydrogens (tertiary/aromatic N) is 1. The highest BCUT2D eigenvalue weighted by molar-refractivity contribution is 5.54. The monoisotopic (exact) mass is 254 g/mol. The second-order valence-corrected chi connectivity index (χ2v) is 4.98. The lowest BCUT2D eigenvalue weighted by atomic mass is 10.1. The first kappa shape index (κ1) is 12.1. The Hall–Kier alpha value is -2.00. The van der Waals surface area contributed by atoms with E-state index in [1.165, 1.54) is 11.3 Å². The molecule has 3 nitrogen and oxygen atoms in total. The molecule has 0 amide bonds. The lowest BCUT2D eigenvalue weighted by molar-refractivity contribution is 0.0507. The zero-order valence-electron chi connectivity index (χ0n) is 11.3. The van der Waals surface area contributed by atoms with Gasteiger partial charge in [-0.1, -0.05) is 30.3 Å². The van der Waals surface area contributed by atoms with Crippen molar-refractivity contribution in [1.29, 1.82) is 0 Å². The first-order chi connectivity index (χ1) is 9.24. The molecule has 0 saturated heterocycles. The van der Waals surface area contributed by atoms with Gasteiger partial charge in [0.1, 0.15) is 0 Å². The Bertz CT molecular complexity index is 563. The Morgan fingerprint density at radius 3 is 2.53 bits per heavy atom. The Labute approximate surface area is 113 Å². The van der Waals surface area contributed by atoms with E-state index < -0.39 is 0 Å². The minimum atomic E-state index is -0.0638. The number of hydrogen-bond donors (Lipinski definition) is 1. The number of para-hydroxylation sites is 1. The van der Waals surface area contributed by atoms with Gasteiger partial charge in [-0.05, 0) is 18.2 Å². The summed E-state index contributed by atoms with van der Waals surface area (Å²) in [6, 6.07) is 16.7. The van der Waals surface area contributed by atoms with Gasteiger partial charge in [0, 0.05) is 36.6 Å². The molecule has 19 heavy (non-hydrogen) atoms. The molecule has 0 bridgehead atoms. The van der Waals surface area contributed by atoms with Crippen molar-refractivity contribution in [3.05, 3.63) is 59.7 Å². The SMILES string of the molecule is CN(C)c1ccc(C2Nc3ccccc3CO2)cc1. The van der Waals surface area contributed by atoms with Gasteiger partial charge < -0.3 is 15.0 Å². The topological polar surface area (TPSA) is 24.5 Å². The van der Waals surface area contributed by atoms with Gasteiger partial charge in [-0.15, -0.1) is 0 Å². The Balaban J connectivity index is 1.81. The molecule has 1 N–H and O–H groups in total. The molecule has 1 aliphatic rings. The van der Waals surface area contributed by atoms with Crippen LogP contribution in [0.1, 0.15) is 17.4 Å². The van der Waals surface area contributed by atoms with Crippen LogP contribution in [0.2, 0.25) is 0 Å². The number of hydrogen-bond acceptors (Lipinski definition) is 3. The van der Waals surface area contributed by atoms with E-state index in [4.69, 9.17) is 4.74 Å². The molecule has 1 aliphatic heterocycles. The third kappa shape index (κ3) is 2.42. The quantitative estimate of drug-likeness (QED) is 0.889. The summed E-state index contributed by atoms with van der Waals surface area (Å²) >= 11 is 0. The normalized spacial score (nSPS) is 17.5. The highest BCUT2D eigenvalue weighted by atomic mass is 16.5. The van der Waals surface area contributed by atoms with Gasteiger partial charge in [-0.3, -0.25) is 0 Å². The molecule has 0 spiro atoms. The van der Waals surface area contributed by atoms with E-state index in [1.54, 1.807) is 0 Å². The number of ether oxygens (including phenoxy) is 1. The molecule has 2 aromatic rings. The first-order valence-electron chi connectivity index (χ1n) is 6.47. The zero-order valence-corrected chi connectivity index (χ0v) is 11.3. The lowest BCUT2D eigenvalue weighted by Crippen LogP contribution is -2.20. The number of nitrogens with one attached hydrogen (secondary N) is 1. The van der Waals surface area contributed by atoms with Crippen molar-refractivity contribution >= 4 is 11.4 Å². The fourth-order valence-electron chi connectivity index (χ4n) is 2.27. The van der Waals surface area contributed by atoms with Gasteiger partial charge >= 0.3 is 0 Å². The minimum absolute atomic E-state index is 0.0638. The second kappa shape index (κ2) is 4.94. The van der Waals surface area contributed by atoms with Crippen molar-refractivity contribution in [2.24, 2.45) is 0 Å². The lowest BCUT2D eigenvalue weighted by Gasteiger charge is -2.28. The van der Waals surface area contributed by atoms with Gasteiger partial charge in [0.05, 0.1) is 6.61 Å². The van der Waals surface area contributed by atoms with Crippen LogP contribution < -0.4 is 10.2 Å². The fraction of sp³-hybridized carbons (Fsp3) is 0.250. The highest BCUT2D eigenvalue weighted by Crippen LogP contribution is 2.30. The van der Waals surface area contributed by atoms with Crippen LogP contribution >= 0.6 is 0 Å². The molecule has 3 heteroatoms. The summed E-state index contributed by atoms with van der Waals surface area (Å²) in [5.41, 5.74) is 4.72. The van der Waals surface area contributed by atoms with Crippen LogP contribution in [-0.4, -0.2) is 14.1 Å². The molecule has 98 valence electrons. The average Bonchev–Trinajstić information content (AvgIpc) is 2.47. The molecule has 0 fully saturated rings. The standard InChI is InChI=1S/C16H18N2O/c1-18(2)14-9-7-12(8-10-14)16-17-15-6-4-3-5-13(15)11-19-16/h3-10,16-17H,11H2,1-2H3. The minimum Gasteiger partial charge on any atom is -0.378 e. The Kier molecular flexibility index (Phi) is 3.13. The van der Waals surface area contributed by atoms with Gasteiger partial charge in [0.15, 0.2) is 6.23 Å². The highest BCUT2D eigenvalue weighted by Gasteiger charge is 2.18. The molecule has 0 aromatic heterocycles. The molecule has 2 aromatic carbocycles. The number of rotatable bonds is 2. The predicted octanol–water partition coefficient (Wildman–Crippen LogP) is 3.39. The molecule has 0 aliphatic carbocycles. The molecular formula is C16H18N2O. The second-order valence-electron chi connectivity index (χ2n) is 4.98. The summed E-state index contributed by atoms with van der Waals surface area (Å²) in [5, 5.41) is 3.43. The van der Waals surface area contributed by atoms with Crippen LogP contribution in [0.3, 0.4) is 0 Å². The van der Waals surface area contributed by atoms with E-state index in [2.05, 4.69) is 46.6 Å². The zero-order chi connectivity index (χ0) is 13.2. The summed E-state index contributed by atoms with van der Waals surface area (Å²) < 4.78 is 5.87. The summed E-state index contributed by atoms with van der Waals surface area (Å²) in [5.74, 6) is 0. The van der Waals surface area contributed by atoms with Crippen LogP contribution in [-0.2, 0) is 11.3 Å². The van der Waals surface area contributed by atoms with Gasteiger partial charge in [0.25, 0.3) is 0 Å². The van der Waals surface area contributed by atoms with Crippen LogP contribution in [0.25, 0.3) is 0 Å². The summed E-state index contributed by atoms with van der Waals surface area (Å²) in [6.45, 7) is 0.656. The van der Waals surface area contributed by atoms with Crippen LogP contribution in [0.4, 0.5) is 11.4 Å². The van der Waals surface area contributed by atoms with Crippen molar-refractivity contribution in [3.8, 4) is 0 Å². The number of benzene rings is 2. The maximum atomic E-state index is 5.87. The van der Waals surface area contributed by atoms with E-state index >= 15 is 0 Å². The summed E-state index contributed by atoms with van der Waals surface area (Å²) in [6.07, 6.45) is -0.0638. The van der Waals surface area contributed by atoms with E-state index in [1.807, 2.05) is 26.2 Å². The van der Waals surface area contributed by atoms with Crippen molar-refractivity contribution in [1.82, 2.24) is 0 Å². The maximum Gasteiger partial charge on any atom is 0.154 e. The predicted molar refractivity (Wildman–Crippen MR) is 78.4 cm³/mol. The third-order valence-corrected chi connectivity index (χ3v) is 3.42. The molecule has 3 rings (SSSR count). The molecule has 1 atom stereocenters. The van der Waals surface area contributed by atoms with Crippen LogP contribution in [0, 0.1) is 0 Å². The molecule has 1 unspecified atom stereocenters. The Morgan fingerprint density at radius 2 is 1.79 bits per heavy atom. The van der Waals surface area contributed by atoms with Crippen molar-refractivity contribution < 1.29 is 4.74 Å². The Morgan fingerprint density at radius 1 is 1.05 bits per heavy atom.